The molecular weight excluding hydrogens is 142 g/mol. The van der Waals surface area contributed by atoms with E-state index < -0.39 is 0 Å². The van der Waals surface area contributed by atoms with Crippen molar-refractivity contribution < 1.29 is 9.84 Å². The normalized spacial score (nSPS) is 26.4. The molecule has 11 heavy (non-hydrogen) atoms. The van der Waals surface area contributed by atoms with Gasteiger partial charge in [-0.15, -0.1) is 6.42 Å². The minimum absolute atomic E-state index is 0.0444. The Kier molecular flexibility index (Phi) is 3.37. The number of hydrogen-bond acceptors (Lipinski definition) is 3. The Balaban J connectivity index is 2.28. The van der Waals surface area contributed by atoms with Crippen LogP contribution in [0.4, 0.5) is 0 Å². The van der Waals surface area contributed by atoms with E-state index in [1.807, 2.05) is 0 Å². The standard InChI is InChI=1S/C8H13NO2/c1-2-3-9-4-5-11-8(6-9)7-10/h1,8,10H,3-7H2/t8-/m0/s1. The van der Waals surface area contributed by atoms with Crippen LogP contribution in [0.1, 0.15) is 0 Å². The Morgan fingerprint density at radius 3 is 3.18 bits per heavy atom. The second-order valence-electron chi connectivity index (χ2n) is 2.61. The van der Waals surface area contributed by atoms with Gasteiger partial charge in [0.1, 0.15) is 0 Å². The zero-order valence-corrected chi connectivity index (χ0v) is 6.49. The Bertz CT molecular complexity index is 153. The molecule has 0 saturated carbocycles. The van der Waals surface area contributed by atoms with E-state index in [0.717, 1.165) is 13.1 Å². The lowest BCUT2D eigenvalue weighted by atomic mass is 10.3. The molecule has 1 rings (SSSR count). The highest BCUT2D eigenvalue weighted by molar-refractivity contribution is 4.89. The minimum atomic E-state index is -0.0444. The predicted molar refractivity (Wildman–Crippen MR) is 42.1 cm³/mol. The van der Waals surface area contributed by atoms with Crippen molar-refractivity contribution in [2.45, 2.75) is 6.10 Å². The number of rotatable bonds is 2. The minimum Gasteiger partial charge on any atom is -0.394 e. The van der Waals surface area contributed by atoms with Gasteiger partial charge in [-0.2, -0.15) is 0 Å². The summed E-state index contributed by atoms with van der Waals surface area (Å²) in [5.74, 6) is 2.57. The van der Waals surface area contributed by atoms with E-state index in [4.69, 9.17) is 16.3 Å². The maximum atomic E-state index is 8.77. The molecule has 62 valence electrons. The SMILES string of the molecule is C#CCN1CCO[C@H](CO)C1. The van der Waals surface area contributed by atoms with E-state index in [-0.39, 0.29) is 12.7 Å². The second kappa shape index (κ2) is 4.35. The summed E-state index contributed by atoms with van der Waals surface area (Å²) in [5, 5.41) is 8.77. The van der Waals surface area contributed by atoms with Crippen molar-refractivity contribution in [3.05, 3.63) is 0 Å². The molecule has 1 aliphatic rings. The van der Waals surface area contributed by atoms with Gasteiger partial charge in [-0.05, 0) is 0 Å². The number of ether oxygens (including phenoxy) is 1. The molecule has 0 spiro atoms. The van der Waals surface area contributed by atoms with Crippen LogP contribution in [0.2, 0.25) is 0 Å². The Labute approximate surface area is 67.0 Å². The molecule has 0 amide bonds. The molecule has 1 saturated heterocycles. The highest BCUT2D eigenvalue weighted by atomic mass is 16.5. The first-order chi connectivity index (χ1) is 5.36. The van der Waals surface area contributed by atoms with Gasteiger partial charge in [0, 0.05) is 13.1 Å². The third kappa shape index (κ3) is 2.51. The number of morpholine rings is 1. The average Bonchev–Trinajstić information content (AvgIpc) is 2.06. The molecule has 1 heterocycles. The summed E-state index contributed by atoms with van der Waals surface area (Å²) < 4.78 is 5.24. The lowest BCUT2D eigenvalue weighted by Gasteiger charge is -2.30. The molecule has 0 bridgehead atoms. The smallest absolute Gasteiger partial charge is 0.0933 e. The van der Waals surface area contributed by atoms with E-state index in [9.17, 15) is 0 Å². The maximum absolute atomic E-state index is 8.77. The quantitative estimate of drug-likeness (QED) is 0.536. The number of nitrogens with zero attached hydrogens (tertiary/aromatic N) is 1. The third-order valence-corrected chi connectivity index (χ3v) is 1.74. The Morgan fingerprint density at radius 2 is 2.55 bits per heavy atom. The summed E-state index contributed by atoms with van der Waals surface area (Å²) in [6.45, 7) is 3.04. The van der Waals surface area contributed by atoms with Gasteiger partial charge < -0.3 is 9.84 Å². The van der Waals surface area contributed by atoms with E-state index in [2.05, 4.69) is 10.8 Å². The summed E-state index contributed by atoms with van der Waals surface area (Å²) >= 11 is 0. The first kappa shape index (κ1) is 8.54. The summed E-state index contributed by atoms with van der Waals surface area (Å²) in [7, 11) is 0. The van der Waals surface area contributed by atoms with Crippen molar-refractivity contribution >= 4 is 0 Å². The van der Waals surface area contributed by atoms with Crippen LogP contribution in [0.5, 0.6) is 0 Å². The molecule has 0 aromatic carbocycles. The largest absolute Gasteiger partial charge is 0.394 e. The van der Waals surface area contributed by atoms with E-state index in [1.54, 1.807) is 0 Å². The lowest BCUT2D eigenvalue weighted by molar-refractivity contribution is -0.0489. The van der Waals surface area contributed by atoms with Crippen molar-refractivity contribution in [1.82, 2.24) is 4.90 Å². The van der Waals surface area contributed by atoms with Gasteiger partial charge in [0.15, 0.2) is 0 Å². The summed E-state index contributed by atoms with van der Waals surface area (Å²) in [4.78, 5) is 2.10. The van der Waals surface area contributed by atoms with Gasteiger partial charge >= 0.3 is 0 Å². The second-order valence-corrected chi connectivity index (χ2v) is 2.61. The van der Waals surface area contributed by atoms with Crippen molar-refractivity contribution in [3.8, 4) is 12.3 Å². The third-order valence-electron chi connectivity index (χ3n) is 1.74. The Hall–Kier alpha value is -0.560. The Morgan fingerprint density at radius 1 is 1.73 bits per heavy atom. The van der Waals surface area contributed by atoms with Crippen LogP contribution in [0, 0.1) is 12.3 Å². The van der Waals surface area contributed by atoms with Crippen molar-refractivity contribution in [2.75, 3.05) is 32.8 Å². The van der Waals surface area contributed by atoms with Gasteiger partial charge in [0.25, 0.3) is 0 Å². The molecular formula is C8H13NO2. The van der Waals surface area contributed by atoms with Crippen LogP contribution in [0.25, 0.3) is 0 Å². The number of aliphatic hydroxyl groups excluding tert-OH is 1. The molecule has 3 nitrogen and oxygen atoms in total. The molecule has 1 aliphatic heterocycles. The first-order valence-corrected chi connectivity index (χ1v) is 3.75. The van der Waals surface area contributed by atoms with Crippen LogP contribution in [-0.4, -0.2) is 49.0 Å². The van der Waals surface area contributed by atoms with Crippen molar-refractivity contribution in [1.29, 1.82) is 0 Å². The number of terminal acetylenes is 1. The predicted octanol–water partition coefficient (Wildman–Crippen LogP) is -0.687. The van der Waals surface area contributed by atoms with Crippen LogP contribution in [0.3, 0.4) is 0 Å². The van der Waals surface area contributed by atoms with Gasteiger partial charge in [0.2, 0.25) is 0 Å². The average molecular weight is 155 g/mol. The fourth-order valence-electron chi connectivity index (χ4n) is 1.16. The number of aliphatic hydroxyl groups is 1. The molecule has 0 radical (unpaired) electrons. The molecule has 0 aromatic heterocycles. The molecule has 0 aromatic rings. The van der Waals surface area contributed by atoms with Gasteiger partial charge in [-0.1, -0.05) is 5.92 Å². The topological polar surface area (TPSA) is 32.7 Å². The van der Waals surface area contributed by atoms with E-state index >= 15 is 0 Å². The molecule has 1 atom stereocenters. The molecule has 3 heteroatoms. The monoisotopic (exact) mass is 155 g/mol. The van der Waals surface area contributed by atoms with Crippen LogP contribution >= 0.6 is 0 Å². The highest BCUT2D eigenvalue weighted by Crippen LogP contribution is 2.02. The van der Waals surface area contributed by atoms with Gasteiger partial charge in [-0.25, -0.2) is 0 Å². The summed E-state index contributed by atoms with van der Waals surface area (Å²) in [5.41, 5.74) is 0. The van der Waals surface area contributed by atoms with Crippen molar-refractivity contribution in [3.63, 3.8) is 0 Å². The first-order valence-electron chi connectivity index (χ1n) is 3.75. The van der Waals surface area contributed by atoms with Crippen LogP contribution in [-0.2, 0) is 4.74 Å². The fourth-order valence-corrected chi connectivity index (χ4v) is 1.16. The zero-order valence-electron chi connectivity index (χ0n) is 6.49. The van der Waals surface area contributed by atoms with Gasteiger partial charge in [0.05, 0.1) is 25.9 Å². The molecule has 1 fully saturated rings. The maximum Gasteiger partial charge on any atom is 0.0933 e. The molecule has 0 aliphatic carbocycles. The fraction of sp³-hybridized carbons (Fsp3) is 0.750. The highest BCUT2D eigenvalue weighted by Gasteiger charge is 2.18. The van der Waals surface area contributed by atoms with E-state index in [1.165, 1.54) is 0 Å². The molecule has 1 N–H and O–H groups in total. The van der Waals surface area contributed by atoms with Crippen LogP contribution in [0.15, 0.2) is 0 Å². The zero-order chi connectivity index (χ0) is 8.10. The van der Waals surface area contributed by atoms with Crippen molar-refractivity contribution in [2.24, 2.45) is 0 Å². The number of hydrogen-bond donors (Lipinski definition) is 1. The van der Waals surface area contributed by atoms with Crippen LogP contribution < -0.4 is 0 Å². The van der Waals surface area contributed by atoms with E-state index in [0.29, 0.717) is 13.2 Å². The summed E-state index contributed by atoms with van der Waals surface area (Å²) in [6, 6.07) is 0. The lowest BCUT2D eigenvalue weighted by Crippen LogP contribution is -2.43. The molecule has 0 unspecified atom stereocenters. The summed E-state index contributed by atoms with van der Waals surface area (Å²) in [6.07, 6.45) is 5.11. The van der Waals surface area contributed by atoms with Gasteiger partial charge in [-0.3, -0.25) is 4.90 Å².